The van der Waals surface area contributed by atoms with E-state index in [2.05, 4.69) is 12.0 Å². The van der Waals surface area contributed by atoms with Crippen molar-refractivity contribution in [1.29, 1.82) is 0 Å². The van der Waals surface area contributed by atoms with Crippen LogP contribution in [0.25, 0.3) is 0 Å². The molecule has 2 heterocycles. The maximum atomic E-state index is 13.4. The summed E-state index contributed by atoms with van der Waals surface area (Å²) < 4.78 is 7.18. The van der Waals surface area contributed by atoms with Crippen LogP contribution in [-0.2, 0) is 13.0 Å². The molecule has 0 atom stereocenters. The van der Waals surface area contributed by atoms with E-state index in [4.69, 9.17) is 4.74 Å². The molecule has 0 spiro atoms. The van der Waals surface area contributed by atoms with E-state index in [1.165, 1.54) is 0 Å². The number of aryl methyl sites for hydroxylation is 2. The smallest absolute Gasteiger partial charge is 0.312 e. The molecule has 0 fully saturated rings. The molecule has 8 nitrogen and oxygen atoms in total. The van der Waals surface area contributed by atoms with Gasteiger partial charge in [0.1, 0.15) is 17.1 Å². The zero-order valence-electron chi connectivity index (χ0n) is 18.7. The molecule has 1 aliphatic heterocycles. The van der Waals surface area contributed by atoms with Crippen LogP contribution in [0.2, 0.25) is 0 Å². The van der Waals surface area contributed by atoms with Crippen LogP contribution in [0.15, 0.2) is 36.4 Å². The van der Waals surface area contributed by atoms with E-state index in [-0.39, 0.29) is 11.6 Å². The molecule has 1 aromatic heterocycles. The second-order valence-electron chi connectivity index (χ2n) is 8.10. The van der Waals surface area contributed by atoms with Gasteiger partial charge in [-0.2, -0.15) is 5.10 Å². The number of amides is 1. The number of hydrogen-bond donors (Lipinski definition) is 0. The number of fused-ring (bicyclic) bond motifs is 1. The Hall–Kier alpha value is -3.68. The molecular weight excluding hydrogens is 408 g/mol. The first-order valence-corrected chi connectivity index (χ1v) is 10.6. The van der Waals surface area contributed by atoms with Gasteiger partial charge in [-0.1, -0.05) is 18.2 Å². The summed E-state index contributed by atoms with van der Waals surface area (Å²) in [5, 5.41) is 15.5. The first-order chi connectivity index (χ1) is 15.3. The highest BCUT2D eigenvalue weighted by atomic mass is 16.6. The summed E-state index contributed by atoms with van der Waals surface area (Å²) >= 11 is 0. The van der Waals surface area contributed by atoms with E-state index < -0.39 is 4.92 Å². The van der Waals surface area contributed by atoms with Crippen molar-refractivity contribution in [2.45, 2.75) is 40.2 Å². The summed E-state index contributed by atoms with van der Waals surface area (Å²) in [4.78, 5) is 26.0. The summed E-state index contributed by atoms with van der Waals surface area (Å²) in [5.41, 5.74) is 5.64. The molecule has 1 amide bonds. The van der Waals surface area contributed by atoms with Crippen molar-refractivity contribution in [1.82, 2.24) is 9.78 Å². The Bertz CT molecular complexity index is 1200. The van der Waals surface area contributed by atoms with Crippen LogP contribution in [-0.4, -0.2) is 34.3 Å². The fourth-order valence-electron chi connectivity index (χ4n) is 4.41. The zero-order valence-corrected chi connectivity index (χ0v) is 18.7. The lowest BCUT2D eigenvalue weighted by Gasteiger charge is -2.32. The third-order valence-electron chi connectivity index (χ3n) is 6.08. The molecule has 0 unspecified atom stereocenters. The van der Waals surface area contributed by atoms with Crippen LogP contribution >= 0.6 is 0 Å². The highest BCUT2D eigenvalue weighted by molar-refractivity contribution is 6.07. The number of anilines is 1. The Morgan fingerprint density at radius 2 is 1.88 bits per heavy atom. The highest BCUT2D eigenvalue weighted by Gasteiger charge is 2.28. The minimum Gasteiger partial charge on any atom is -0.495 e. The third kappa shape index (κ3) is 3.72. The van der Waals surface area contributed by atoms with Crippen molar-refractivity contribution >= 4 is 17.3 Å². The number of ether oxygens (including phenoxy) is 1. The quantitative estimate of drug-likeness (QED) is 0.439. The van der Waals surface area contributed by atoms with Crippen LogP contribution in [0.4, 0.5) is 11.4 Å². The number of benzene rings is 2. The van der Waals surface area contributed by atoms with Crippen LogP contribution < -0.4 is 9.64 Å². The predicted octanol–water partition coefficient (Wildman–Crippen LogP) is 4.37. The number of carbonyl (C=O) groups excluding carboxylic acids is 1. The first kappa shape index (κ1) is 21.5. The van der Waals surface area contributed by atoms with Crippen molar-refractivity contribution in [3.63, 3.8) is 0 Å². The Morgan fingerprint density at radius 1 is 1.16 bits per heavy atom. The maximum absolute atomic E-state index is 13.4. The minimum atomic E-state index is -0.400. The molecule has 0 N–H and O–H groups in total. The number of hydrogen-bond acceptors (Lipinski definition) is 5. The highest BCUT2D eigenvalue weighted by Crippen LogP contribution is 2.39. The van der Waals surface area contributed by atoms with E-state index in [1.807, 2.05) is 29.2 Å². The molecule has 2 aromatic carbocycles. The Kier molecular flexibility index (Phi) is 5.69. The molecule has 3 aromatic rings. The molecule has 0 aliphatic carbocycles. The molecular formula is C24H26N4O4. The van der Waals surface area contributed by atoms with E-state index in [0.717, 1.165) is 35.2 Å². The van der Waals surface area contributed by atoms with Gasteiger partial charge in [-0.3, -0.25) is 19.6 Å². The van der Waals surface area contributed by atoms with E-state index in [0.29, 0.717) is 35.8 Å². The normalized spacial score (nSPS) is 13.1. The number of nitro groups is 1. The Morgan fingerprint density at radius 3 is 2.50 bits per heavy atom. The lowest BCUT2D eigenvalue weighted by atomic mass is 9.95. The minimum absolute atomic E-state index is 0.0461. The zero-order chi connectivity index (χ0) is 23.0. The lowest BCUT2D eigenvalue weighted by molar-refractivity contribution is -0.386. The van der Waals surface area contributed by atoms with Crippen molar-refractivity contribution in [2.75, 3.05) is 18.6 Å². The van der Waals surface area contributed by atoms with Crippen LogP contribution in [0.5, 0.6) is 5.75 Å². The largest absolute Gasteiger partial charge is 0.495 e. The van der Waals surface area contributed by atoms with Gasteiger partial charge >= 0.3 is 5.69 Å². The average Bonchev–Trinajstić information content (AvgIpc) is 3.06. The third-order valence-corrected chi connectivity index (χ3v) is 6.08. The Labute approximate surface area is 186 Å². The van der Waals surface area contributed by atoms with Crippen LogP contribution in [0.1, 0.15) is 44.9 Å². The van der Waals surface area contributed by atoms with Crippen molar-refractivity contribution in [3.05, 3.63) is 80.2 Å². The van der Waals surface area contributed by atoms with Crippen molar-refractivity contribution < 1.29 is 14.5 Å². The summed E-state index contributed by atoms with van der Waals surface area (Å²) in [7, 11) is 1.63. The van der Waals surface area contributed by atoms with Crippen molar-refractivity contribution in [3.8, 4) is 5.75 Å². The molecule has 0 saturated heterocycles. The molecule has 0 saturated carbocycles. The van der Waals surface area contributed by atoms with Gasteiger partial charge in [0.05, 0.1) is 24.3 Å². The molecule has 0 radical (unpaired) electrons. The first-order valence-electron chi connectivity index (χ1n) is 10.6. The molecule has 0 bridgehead atoms. The van der Waals surface area contributed by atoms with Gasteiger partial charge in [0.25, 0.3) is 5.91 Å². The summed E-state index contributed by atoms with van der Waals surface area (Å²) in [6.07, 6.45) is 1.83. The standard InChI is InChI=1S/C24H26N4O4/c1-15-7-12-21(32-4)23-20(15)6-5-13-26(23)24(29)19-10-8-18(9-11-19)14-27-17(3)22(28(30)31)16(2)25-27/h7-12H,5-6,13-14H2,1-4H3. The molecule has 8 heteroatoms. The van der Waals surface area contributed by atoms with Gasteiger partial charge in [-0.15, -0.1) is 0 Å². The van der Waals surface area contributed by atoms with Crippen LogP contribution in [0.3, 0.4) is 0 Å². The summed E-state index contributed by atoms with van der Waals surface area (Å²) in [5.74, 6) is 0.643. The molecule has 32 heavy (non-hydrogen) atoms. The number of carbonyl (C=O) groups is 1. The van der Waals surface area contributed by atoms with Gasteiger partial charge in [-0.05, 0) is 68.5 Å². The van der Waals surface area contributed by atoms with Gasteiger partial charge in [0.15, 0.2) is 0 Å². The fraction of sp³-hybridized carbons (Fsp3) is 0.333. The van der Waals surface area contributed by atoms with E-state index in [9.17, 15) is 14.9 Å². The lowest BCUT2D eigenvalue weighted by Crippen LogP contribution is -2.36. The monoisotopic (exact) mass is 434 g/mol. The fourth-order valence-corrected chi connectivity index (χ4v) is 4.41. The van der Waals surface area contributed by atoms with Gasteiger partial charge in [-0.25, -0.2) is 0 Å². The van der Waals surface area contributed by atoms with Gasteiger partial charge < -0.3 is 9.64 Å². The molecule has 4 rings (SSSR count). The maximum Gasteiger partial charge on any atom is 0.312 e. The summed E-state index contributed by atoms with van der Waals surface area (Å²) in [6.45, 7) is 6.43. The second-order valence-corrected chi connectivity index (χ2v) is 8.10. The molecule has 1 aliphatic rings. The number of methoxy groups -OCH3 is 1. The van der Waals surface area contributed by atoms with Crippen LogP contribution in [0, 0.1) is 30.9 Å². The number of aromatic nitrogens is 2. The topological polar surface area (TPSA) is 90.5 Å². The van der Waals surface area contributed by atoms with E-state index >= 15 is 0 Å². The summed E-state index contributed by atoms with van der Waals surface area (Å²) in [6, 6.07) is 11.3. The van der Waals surface area contributed by atoms with Gasteiger partial charge in [0.2, 0.25) is 0 Å². The predicted molar refractivity (Wildman–Crippen MR) is 122 cm³/mol. The van der Waals surface area contributed by atoms with Crippen molar-refractivity contribution in [2.24, 2.45) is 0 Å². The average molecular weight is 434 g/mol. The molecule has 166 valence electrons. The second kappa shape index (κ2) is 8.45. The number of nitrogens with zero attached hydrogens (tertiary/aromatic N) is 4. The van der Waals surface area contributed by atoms with E-state index in [1.54, 1.807) is 37.8 Å². The number of rotatable bonds is 5. The Balaban J connectivity index is 1.59. The SMILES string of the molecule is COc1ccc(C)c2c1N(C(=O)c1ccc(Cn3nc(C)c([N+](=O)[O-])c3C)cc1)CCC2. The van der Waals surface area contributed by atoms with Gasteiger partial charge in [0, 0.05) is 12.1 Å².